The van der Waals surface area contributed by atoms with Gasteiger partial charge in [-0.05, 0) is 42.5 Å². The molecule has 0 amide bonds. The third kappa shape index (κ3) is 3.43. The number of benzene rings is 2. The van der Waals surface area contributed by atoms with Crippen LogP contribution in [0.1, 0.15) is 5.89 Å². The Morgan fingerprint density at radius 2 is 1.83 bits per heavy atom. The summed E-state index contributed by atoms with van der Waals surface area (Å²) in [4.78, 5) is 14.4. The van der Waals surface area contributed by atoms with Crippen molar-refractivity contribution in [2.45, 2.75) is 6.92 Å². The molecule has 0 bridgehead atoms. The molecule has 0 saturated carbocycles. The standard InChI is InChI=1S/C15H12N4O3S/c1-9-16-13-8-11(4-7-14(13)22-9)18-15(23)17-10-2-5-12(6-3-10)19(20)21/h2-8H,1H3,(H2,17,18,23). The molecule has 7 nitrogen and oxygen atoms in total. The van der Waals surface area contributed by atoms with Crippen molar-refractivity contribution in [3.63, 3.8) is 0 Å². The van der Waals surface area contributed by atoms with E-state index < -0.39 is 4.92 Å². The highest BCUT2D eigenvalue weighted by Crippen LogP contribution is 2.20. The predicted molar refractivity (Wildman–Crippen MR) is 91.7 cm³/mol. The molecule has 23 heavy (non-hydrogen) atoms. The molecule has 0 unspecified atom stereocenters. The van der Waals surface area contributed by atoms with Gasteiger partial charge in [0.2, 0.25) is 0 Å². The number of nitrogens with one attached hydrogen (secondary N) is 2. The Kier molecular flexibility index (Phi) is 3.90. The third-order valence-corrected chi connectivity index (χ3v) is 3.29. The molecule has 0 fully saturated rings. The van der Waals surface area contributed by atoms with Crippen molar-refractivity contribution < 1.29 is 9.34 Å². The van der Waals surface area contributed by atoms with Gasteiger partial charge in [0, 0.05) is 30.4 Å². The van der Waals surface area contributed by atoms with Crippen LogP contribution in [0.25, 0.3) is 11.1 Å². The Balaban J connectivity index is 1.69. The third-order valence-electron chi connectivity index (χ3n) is 3.09. The van der Waals surface area contributed by atoms with Gasteiger partial charge in [0.15, 0.2) is 16.6 Å². The Hall–Kier alpha value is -3.00. The molecule has 0 radical (unpaired) electrons. The first-order chi connectivity index (χ1) is 11.0. The number of rotatable bonds is 3. The highest BCUT2D eigenvalue weighted by atomic mass is 32.1. The van der Waals surface area contributed by atoms with Crippen LogP contribution in [0.15, 0.2) is 46.9 Å². The van der Waals surface area contributed by atoms with E-state index in [1.165, 1.54) is 12.1 Å². The second-order valence-corrected chi connectivity index (χ2v) is 5.21. The number of nitro benzene ring substituents is 1. The molecule has 116 valence electrons. The smallest absolute Gasteiger partial charge is 0.269 e. The Labute approximate surface area is 136 Å². The van der Waals surface area contributed by atoms with Crippen molar-refractivity contribution in [1.29, 1.82) is 0 Å². The number of aryl methyl sites for hydroxylation is 1. The van der Waals surface area contributed by atoms with Crippen molar-refractivity contribution >= 4 is 45.5 Å². The molecule has 0 atom stereocenters. The van der Waals surface area contributed by atoms with Crippen molar-refractivity contribution in [2.24, 2.45) is 0 Å². The summed E-state index contributed by atoms with van der Waals surface area (Å²) < 4.78 is 5.41. The van der Waals surface area contributed by atoms with E-state index in [9.17, 15) is 10.1 Å². The van der Waals surface area contributed by atoms with Crippen LogP contribution in [0.3, 0.4) is 0 Å². The van der Waals surface area contributed by atoms with Gasteiger partial charge in [-0.1, -0.05) is 0 Å². The number of nitrogens with zero attached hydrogens (tertiary/aromatic N) is 2. The Morgan fingerprint density at radius 3 is 2.52 bits per heavy atom. The van der Waals surface area contributed by atoms with Crippen LogP contribution in [0.5, 0.6) is 0 Å². The fourth-order valence-electron chi connectivity index (χ4n) is 2.08. The molecular weight excluding hydrogens is 316 g/mol. The predicted octanol–water partition coefficient (Wildman–Crippen LogP) is 3.85. The van der Waals surface area contributed by atoms with Gasteiger partial charge in [-0.2, -0.15) is 0 Å². The SMILES string of the molecule is Cc1nc2cc(NC(=S)Nc3ccc([N+](=O)[O-])cc3)ccc2o1. The van der Waals surface area contributed by atoms with Crippen molar-refractivity contribution in [1.82, 2.24) is 4.98 Å². The van der Waals surface area contributed by atoms with Gasteiger partial charge in [0.25, 0.3) is 5.69 Å². The number of hydrogen-bond acceptors (Lipinski definition) is 5. The van der Waals surface area contributed by atoms with E-state index in [0.29, 0.717) is 22.3 Å². The first-order valence-corrected chi connectivity index (χ1v) is 7.12. The molecular formula is C15H12N4O3S. The fourth-order valence-corrected chi connectivity index (χ4v) is 2.32. The second kappa shape index (κ2) is 6.01. The summed E-state index contributed by atoms with van der Waals surface area (Å²) in [6.45, 7) is 1.79. The molecule has 0 aliphatic rings. The maximum Gasteiger partial charge on any atom is 0.269 e. The number of fused-ring (bicyclic) bond motifs is 1. The molecule has 1 heterocycles. The first-order valence-electron chi connectivity index (χ1n) is 6.71. The van der Waals surface area contributed by atoms with Gasteiger partial charge in [-0.25, -0.2) is 4.98 Å². The summed E-state index contributed by atoms with van der Waals surface area (Å²) in [6.07, 6.45) is 0. The summed E-state index contributed by atoms with van der Waals surface area (Å²) in [5, 5.41) is 17.0. The van der Waals surface area contributed by atoms with Crippen LogP contribution in [0, 0.1) is 17.0 Å². The van der Waals surface area contributed by atoms with Gasteiger partial charge in [-0.3, -0.25) is 10.1 Å². The van der Waals surface area contributed by atoms with Crippen LogP contribution >= 0.6 is 12.2 Å². The second-order valence-electron chi connectivity index (χ2n) is 4.80. The van der Waals surface area contributed by atoms with E-state index in [-0.39, 0.29) is 5.69 Å². The lowest BCUT2D eigenvalue weighted by molar-refractivity contribution is -0.384. The van der Waals surface area contributed by atoms with Crippen molar-refractivity contribution in [3.05, 3.63) is 58.5 Å². The number of nitro groups is 1. The van der Waals surface area contributed by atoms with Gasteiger partial charge >= 0.3 is 0 Å². The minimum absolute atomic E-state index is 0.0290. The quantitative estimate of drug-likeness (QED) is 0.428. The zero-order valence-electron chi connectivity index (χ0n) is 12.1. The van der Waals surface area contributed by atoms with Crippen LogP contribution in [0.2, 0.25) is 0 Å². The van der Waals surface area contributed by atoms with Gasteiger partial charge in [0.1, 0.15) is 5.52 Å². The van der Waals surface area contributed by atoms with Gasteiger partial charge in [-0.15, -0.1) is 0 Å². The first kappa shape index (κ1) is 14.9. The molecule has 3 aromatic rings. The summed E-state index contributed by atoms with van der Waals surface area (Å²) in [5.41, 5.74) is 2.91. The highest BCUT2D eigenvalue weighted by Gasteiger charge is 2.06. The summed E-state index contributed by atoms with van der Waals surface area (Å²) in [7, 11) is 0. The zero-order chi connectivity index (χ0) is 16.4. The van der Waals surface area contributed by atoms with E-state index in [1.54, 1.807) is 19.1 Å². The van der Waals surface area contributed by atoms with E-state index in [0.717, 1.165) is 11.2 Å². The lowest BCUT2D eigenvalue weighted by atomic mass is 10.3. The fraction of sp³-hybridized carbons (Fsp3) is 0.0667. The number of non-ortho nitro benzene ring substituents is 1. The molecule has 2 N–H and O–H groups in total. The van der Waals surface area contributed by atoms with Crippen LogP contribution in [-0.4, -0.2) is 15.0 Å². The lowest BCUT2D eigenvalue weighted by Gasteiger charge is -2.10. The summed E-state index contributed by atoms with van der Waals surface area (Å²) in [5.74, 6) is 0.601. The number of hydrogen-bond donors (Lipinski definition) is 2. The number of thiocarbonyl (C=S) groups is 1. The maximum atomic E-state index is 10.6. The number of aromatic nitrogens is 1. The van der Waals surface area contributed by atoms with Crippen LogP contribution in [0.4, 0.5) is 17.1 Å². The molecule has 3 rings (SSSR count). The summed E-state index contributed by atoms with van der Waals surface area (Å²) in [6, 6.07) is 11.5. The Bertz CT molecular complexity index is 889. The maximum absolute atomic E-state index is 10.6. The van der Waals surface area contributed by atoms with Crippen LogP contribution in [-0.2, 0) is 0 Å². The average molecular weight is 328 g/mol. The molecule has 8 heteroatoms. The highest BCUT2D eigenvalue weighted by molar-refractivity contribution is 7.80. The average Bonchev–Trinajstić information content (AvgIpc) is 2.87. The molecule has 0 spiro atoms. The number of oxazole rings is 1. The molecule has 0 saturated heterocycles. The summed E-state index contributed by atoms with van der Waals surface area (Å²) >= 11 is 5.23. The van der Waals surface area contributed by atoms with E-state index >= 15 is 0 Å². The minimum atomic E-state index is -0.449. The largest absolute Gasteiger partial charge is 0.441 e. The lowest BCUT2D eigenvalue weighted by Crippen LogP contribution is -2.18. The van der Waals surface area contributed by atoms with Crippen molar-refractivity contribution in [2.75, 3.05) is 10.6 Å². The topological polar surface area (TPSA) is 93.2 Å². The molecule has 2 aromatic carbocycles. The van der Waals surface area contributed by atoms with Gasteiger partial charge < -0.3 is 15.1 Å². The Morgan fingerprint density at radius 1 is 1.17 bits per heavy atom. The van der Waals surface area contributed by atoms with Crippen LogP contribution < -0.4 is 10.6 Å². The van der Waals surface area contributed by atoms with Crippen molar-refractivity contribution in [3.8, 4) is 0 Å². The van der Waals surface area contributed by atoms with E-state index in [2.05, 4.69) is 15.6 Å². The van der Waals surface area contributed by atoms with E-state index in [4.69, 9.17) is 16.6 Å². The normalized spacial score (nSPS) is 10.5. The molecule has 0 aliphatic carbocycles. The van der Waals surface area contributed by atoms with Gasteiger partial charge in [0.05, 0.1) is 4.92 Å². The molecule has 1 aromatic heterocycles. The minimum Gasteiger partial charge on any atom is -0.441 e. The monoisotopic (exact) mass is 328 g/mol. The zero-order valence-corrected chi connectivity index (χ0v) is 12.9. The van der Waals surface area contributed by atoms with E-state index in [1.807, 2.05) is 18.2 Å². The molecule has 0 aliphatic heterocycles. The number of anilines is 2.